The zero-order valence-electron chi connectivity index (χ0n) is 23.9. The van der Waals surface area contributed by atoms with Crippen LogP contribution in [0, 0.1) is 45.3 Å². The van der Waals surface area contributed by atoms with E-state index in [-0.39, 0.29) is 45.8 Å². The maximum absolute atomic E-state index is 11.9. The standard InChI is InChI=1S/C32H48O4/c1-19(17-22-18-20(2)28(34)36-22)23-11-15-32(8)25-9-10-26-29(4,5)27(35-21(3)33)13-14-30(26,6)24(25)12-16-31(23,32)7/h9,18-19,22-24,26-27H,10-17H2,1-8H3/t19-,22?,23-,24+,26+,27?,30-,31-,32+/m1/s1. The largest absolute Gasteiger partial charge is 0.462 e. The van der Waals surface area contributed by atoms with Crippen molar-refractivity contribution in [1.29, 1.82) is 0 Å². The Bertz CT molecular complexity index is 1010. The van der Waals surface area contributed by atoms with Crippen molar-refractivity contribution in [2.24, 2.45) is 45.3 Å². The maximum atomic E-state index is 11.9. The average Bonchev–Trinajstić information content (AvgIpc) is 3.24. The van der Waals surface area contributed by atoms with Crippen molar-refractivity contribution in [2.75, 3.05) is 0 Å². The fourth-order valence-electron chi connectivity index (χ4n) is 10.3. The van der Waals surface area contributed by atoms with E-state index < -0.39 is 0 Å². The summed E-state index contributed by atoms with van der Waals surface area (Å²) in [6.45, 7) is 18.2. The first-order valence-electron chi connectivity index (χ1n) is 14.5. The molecule has 0 radical (unpaired) electrons. The summed E-state index contributed by atoms with van der Waals surface area (Å²) in [6, 6.07) is 0. The molecule has 0 saturated heterocycles. The first-order chi connectivity index (χ1) is 16.7. The van der Waals surface area contributed by atoms with Gasteiger partial charge in [-0.2, -0.15) is 0 Å². The van der Waals surface area contributed by atoms with Crippen molar-refractivity contribution >= 4 is 11.9 Å². The van der Waals surface area contributed by atoms with E-state index in [1.165, 1.54) is 25.7 Å². The molecule has 0 aromatic rings. The number of rotatable bonds is 4. The molecule has 0 N–H and O–H groups in total. The van der Waals surface area contributed by atoms with E-state index in [4.69, 9.17) is 9.47 Å². The summed E-state index contributed by atoms with van der Waals surface area (Å²) >= 11 is 0. The van der Waals surface area contributed by atoms with Gasteiger partial charge in [0, 0.05) is 17.9 Å². The highest BCUT2D eigenvalue weighted by atomic mass is 16.5. The molecule has 4 nitrogen and oxygen atoms in total. The van der Waals surface area contributed by atoms with Crippen LogP contribution in [0.1, 0.15) is 107 Å². The molecule has 36 heavy (non-hydrogen) atoms. The van der Waals surface area contributed by atoms with Gasteiger partial charge in [0.1, 0.15) is 12.2 Å². The number of allylic oxidation sites excluding steroid dienone is 2. The normalized spacial score (nSPS) is 46.0. The quantitative estimate of drug-likeness (QED) is 0.300. The van der Waals surface area contributed by atoms with E-state index in [0.717, 1.165) is 31.3 Å². The molecule has 5 rings (SSSR count). The van der Waals surface area contributed by atoms with Gasteiger partial charge in [-0.25, -0.2) is 4.79 Å². The van der Waals surface area contributed by atoms with Gasteiger partial charge in [0.05, 0.1) is 0 Å². The molecule has 4 heteroatoms. The number of carbonyl (C=O) groups is 2. The first-order valence-corrected chi connectivity index (χ1v) is 14.5. The Hall–Kier alpha value is -1.58. The maximum Gasteiger partial charge on any atom is 0.334 e. The summed E-state index contributed by atoms with van der Waals surface area (Å²) < 4.78 is 11.5. The lowest BCUT2D eigenvalue weighted by Gasteiger charge is -2.64. The van der Waals surface area contributed by atoms with Gasteiger partial charge in [-0.3, -0.25) is 4.79 Å². The third kappa shape index (κ3) is 3.59. The van der Waals surface area contributed by atoms with Gasteiger partial charge in [0.2, 0.25) is 0 Å². The number of hydrogen-bond acceptors (Lipinski definition) is 4. The third-order valence-electron chi connectivity index (χ3n) is 12.5. The van der Waals surface area contributed by atoms with Crippen LogP contribution in [0.15, 0.2) is 23.3 Å². The highest BCUT2D eigenvalue weighted by molar-refractivity contribution is 5.90. The fourth-order valence-corrected chi connectivity index (χ4v) is 10.3. The zero-order valence-corrected chi connectivity index (χ0v) is 23.9. The van der Waals surface area contributed by atoms with Gasteiger partial charge in [-0.1, -0.05) is 53.2 Å². The van der Waals surface area contributed by atoms with Crippen LogP contribution in [0.4, 0.5) is 0 Å². The van der Waals surface area contributed by atoms with Gasteiger partial charge in [-0.05, 0) is 104 Å². The van der Waals surface area contributed by atoms with Crippen molar-refractivity contribution in [2.45, 2.75) is 119 Å². The number of cyclic esters (lactones) is 1. The van der Waals surface area contributed by atoms with Crippen LogP contribution < -0.4 is 0 Å². The summed E-state index contributed by atoms with van der Waals surface area (Å²) in [5.74, 6) is 2.05. The highest BCUT2D eigenvalue weighted by Gasteiger charge is 2.65. The SMILES string of the molecule is CC(=O)OC1CC[C@]2(C)[C@H]3CC[C@]4(C)[C@@H]([C@H](C)CC5C=C(C)C(=O)O5)CC[C@@]4(C)C3=CC[C@H]2C1(C)C. The number of esters is 2. The number of hydrogen-bond donors (Lipinski definition) is 0. The van der Waals surface area contributed by atoms with Crippen LogP contribution >= 0.6 is 0 Å². The molecular weight excluding hydrogens is 448 g/mol. The van der Waals surface area contributed by atoms with Crippen LogP contribution in [0.25, 0.3) is 0 Å². The second kappa shape index (κ2) is 8.46. The van der Waals surface area contributed by atoms with Crippen LogP contribution in [0.3, 0.4) is 0 Å². The van der Waals surface area contributed by atoms with E-state index >= 15 is 0 Å². The van der Waals surface area contributed by atoms with Gasteiger partial charge < -0.3 is 9.47 Å². The lowest BCUT2D eigenvalue weighted by atomic mass is 9.41. The minimum atomic E-state index is -0.145. The van der Waals surface area contributed by atoms with Crippen LogP contribution in [-0.2, 0) is 19.1 Å². The Morgan fingerprint density at radius 3 is 2.47 bits per heavy atom. The summed E-state index contributed by atoms with van der Waals surface area (Å²) in [6.07, 6.45) is 13.9. The smallest absolute Gasteiger partial charge is 0.334 e. The monoisotopic (exact) mass is 496 g/mol. The second-order valence-electron chi connectivity index (χ2n) is 14.4. The second-order valence-corrected chi connectivity index (χ2v) is 14.4. The average molecular weight is 497 g/mol. The Kier molecular flexibility index (Phi) is 6.12. The minimum Gasteiger partial charge on any atom is -0.462 e. The molecule has 0 spiro atoms. The summed E-state index contributed by atoms with van der Waals surface area (Å²) in [4.78, 5) is 23.8. The predicted octanol–water partition coefficient (Wildman–Crippen LogP) is 7.42. The molecule has 0 amide bonds. The molecule has 1 aliphatic heterocycles. The molecule has 0 bridgehead atoms. The number of carbonyl (C=O) groups excluding carboxylic acids is 2. The molecule has 200 valence electrons. The van der Waals surface area contributed by atoms with Crippen LogP contribution in [-0.4, -0.2) is 24.1 Å². The molecule has 3 saturated carbocycles. The van der Waals surface area contributed by atoms with Gasteiger partial charge in [0.15, 0.2) is 0 Å². The molecule has 1 heterocycles. The molecule has 0 aromatic heterocycles. The van der Waals surface area contributed by atoms with Crippen molar-refractivity contribution in [1.82, 2.24) is 0 Å². The molecule has 4 aliphatic carbocycles. The topological polar surface area (TPSA) is 52.6 Å². The molecular formula is C32H48O4. The van der Waals surface area contributed by atoms with Gasteiger partial charge in [0.25, 0.3) is 0 Å². The summed E-state index contributed by atoms with van der Waals surface area (Å²) in [7, 11) is 0. The van der Waals surface area contributed by atoms with Gasteiger partial charge >= 0.3 is 11.9 Å². The fraction of sp³-hybridized carbons (Fsp3) is 0.812. The molecule has 3 fully saturated rings. The lowest BCUT2D eigenvalue weighted by molar-refractivity contribution is -0.175. The molecule has 2 unspecified atom stereocenters. The Morgan fingerprint density at radius 2 is 1.83 bits per heavy atom. The van der Waals surface area contributed by atoms with E-state index in [1.54, 1.807) is 12.5 Å². The van der Waals surface area contributed by atoms with Crippen molar-refractivity contribution in [3.8, 4) is 0 Å². The predicted molar refractivity (Wildman–Crippen MR) is 142 cm³/mol. The first kappa shape index (κ1) is 26.0. The number of fused-ring (bicyclic) bond motifs is 5. The molecule has 0 aromatic carbocycles. The van der Waals surface area contributed by atoms with E-state index in [9.17, 15) is 9.59 Å². The Labute approximate surface area is 218 Å². The summed E-state index contributed by atoms with van der Waals surface area (Å²) in [5, 5.41) is 0. The van der Waals surface area contributed by atoms with Crippen molar-refractivity contribution in [3.63, 3.8) is 0 Å². The zero-order chi connectivity index (χ0) is 26.3. The van der Waals surface area contributed by atoms with E-state index in [1.807, 2.05) is 13.0 Å². The van der Waals surface area contributed by atoms with Crippen molar-refractivity contribution < 1.29 is 19.1 Å². The third-order valence-corrected chi connectivity index (χ3v) is 12.5. The van der Waals surface area contributed by atoms with Crippen molar-refractivity contribution in [3.05, 3.63) is 23.3 Å². The van der Waals surface area contributed by atoms with Crippen LogP contribution in [0.5, 0.6) is 0 Å². The Morgan fingerprint density at radius 1 is 1.11 bits per heavy atom. The minimum absolute atomic E-state index is 0.0144. The van der Waals surface area contributed by atoms with Gasteiger partial charge in [-0.15, -0.1) is 0 Å². The summed E-state index contributed by atoms with van der Waals surface area (Å²) in [5.41, 5.74) is 3.27. The Balaban J connectivity index is 1.40. The highest BCUT2D eigenvalue weighted by Crippen LogP contribution is 2.73. The van der Waals surface area contributed by atoms with E-state index in [2.05, 4.69) is 47.6 Å². The lowest BCUT2D eigenvalue weighted by Crippen LogP contribution is -2.58. The molecule has 5 aliphatic rings. The number of ether oxygens (including phenoxy) is 2. The van der Waals surface area contributed by atoms with Crippen LogP contribution in [0.2, 0.25) is 0 Å². The van der Waals surface area contributed by atoms with E-state index in [0.29, 0.717) is 23.7 Å². The molecule has 9 atom stereocenters.